The van der Waals surface area contributed by atoms with Crippen LogP contribution in [0.15, 0.2) is 33.5 Å². The van der Waals surface area contributed by atoms with Gasteiger partial charge in [0.1, 0.15) is 5.69 Å². The van der Waals surface area contributed by atoms with Crippen LogP contribution in [0.2, 0.25) is 0 Å². The van der Waals surface area contributed by atoms with Crippen LogP contribution in [-0.2, 0) is 6.54 Å². The van der Waals surface area contributed by atoms with Crippen molar-refractivity contribution in [3.05, 3.63) is 40.3 Å². The van der Waals surface area contributed by atoms with E-state index in [1.54, 1.807) is 0 Å². The first-order valence-electron chi connectivity index (χ1n) is 6.31. The molecular weight excluding hydrogens is 304 g/mol. The highest BCUT2D eigenvalue weighted by Gasteiger charge is 2.16. The lowest BCUT2D eigenvalue weighted by Crippen LogP contribution is -2.35. The highest BCUT2D eigenvalue weighted by atomic mass is 79.9. The summed E-state index contributed by atoms with van der Waals surface area (Å²) in [4.78, 5) is 4.32. The zero-order valence-corrected chi connectivity index (χ0v) is 13.3. The summed E-state index contributed by atoms with van der Waals surface area (Å²) in [6, 6.07) is 6.17. The van der Waals surface area contributed by atoms with Crippen molar-refractivity contribution in [1.82, 2.24) is 10.3 Å². The van der Waals surface area contributed by atoms with Gasteiger partial charge in [0.2, 0.25) is 0 Å². The second-order valence-corrected chi connectivity index (χ2v) is 6.61. The van der Waals surface area contributed by atoms with Crippen molar-refractivity contribution in [1.29, 1.82) is 0 Å². The Labute approximate surface area is 122 Å². The van der Waals surface area contributed by atoms with Crippen molar-refractivity contribution in [2.75, 3.05) is 0 Å². The van der Waals surface area contributed by atoms with Gasteiger partial charge in [-0.15, -0.1) is 0 Å². The van der Waals surface area contributed by atoms with Crippen LogP contribution < -0.4 is 5.32 Å². The summed E-state index contributed by atoms with van der Waals surface area (Å²) in [5, 5.41) is 3.43. The van der Waals surface area contributed by atoms with E-state index < -0.39 is 0 Å². The molecule has 1 aromatic carbocycles. The van der Waals surface area contributed by atoms with Crippen LogP contribution in [-0.4, -0.2) is 10.5 Å². The fourth-order valence-corrected chi connectivity index (χ4v) is 2.16. The molecule has 0 aliphatic heterocycles. The van der Waals surface area contributed by atoms with Crippen molar-refractivity contribution in [3.63, 3.8) is 0 Å². The Morgan fingerprint density at radius 3 is 2.74 bits per heavy atom. The van der Waals surface area contributed by atoms with Crippen molar-refractivity contribution < 1.29 is 4.42 Å². The van der Waals surface area contributed by atoms with Gasteiger partial charge in [-0.05, 0) is 45.4 Å². The zero-order chi connectivity index (χ0) is 14.0. The summed E-state index contributed by atoms with van der Waals surface area (Å²) in [7, 11) is 0. The Hall–Kier alpha value is -1.13. The lowest BCUT2D eigenvalue weighted by molar-refractivity contribution is 0.421. The highest BCUT2D eigenvalue weighted by Crippen LogP contribution is 2.29. The molecule has 0 amide bonds. The molecule has 19 heavy (non-hydrogen) atoms. The first-order chi connectivity index (χ1) is 8.87. The van der Waals surface area contributed by atoms with E-state index >= 15 is 0 Å². The highest BCUT2D eigenvalue weighted by molar-refractivity contribution is 9.10. The molecule has 3 nitrogen and oxygen atoms in total. The molecule has 0 aliphatic rings. The first-order valence-corrected chi connectivity index (χ1v) is 7.10. The molecule has 4 heteroatoms. The SMILES string of the molecule is Cc1ccc(Br)cc1-c1ocnc1CNC(C)(C)C. The number of benzene rings is 1. The molecule has 2 rings (SSSR count). The van der Waals surface area contributed by atoms with E-state index in [9.17, 15) is 0 Å². The minimum absolute atomic E-state index is 0.0581. The number of aromatic nitrogens is 1. The average Bonchev–Trinajstić information content (AvgIpc) is 2.77. The Morgan fingerprint density at radius 1 is 1.32 bits per heavy atom. The number of oxazole rings is 1. The Kier molecular flexibility index (Phi) is 4.11. The second kappa shape index (κ2) is 5.47. The van der Waals surface area contributed by atoms with Gasteiger partial charge in [-0.25, -0.2) is 4.98 Å². The maximum Gasteiger partial charge on any atom is 0.181 e. The first kappa shape index (κ1) is 14.3. The van der Waals surface area contributed by atoms with Gasteiger partial charge in [-0.2, -0.15) is 0 Å². The quantitative estimate of drug-likeness (QED) is 0.915. The lowest BCUT2D eigenvalue weighted by atomic mass is 10.0. The van der Waals surface area contributed by atoms with E-state index in [0.717, 1.165) is 21.5 Å². The number of nitrogens with zero attached hydrogens (tertiary/aromatic N) is 1. The summed E-state index contributed by atoms with van der Waals surface area (Å²) < 4.78 is 6.62. The minimum Gasteiger partial charge on any atom is -0.443 e. The number of hydrogen-bond donors (Lipinski definition) is 1. The third-order valence-electron chi connectivity index (χ3n) is 2.87. The van der Waals surface area contributed by atoms with Crippen molar-refractivity contribution in [2.45, 2.75) is 39.8 Å². The monoisotopic (exact) mass is 322 g/mol. The van der Waals surface area contributed by atoms with E-state index in [0.29, 0.717) is 6.54 Å². The maximum atomic E-state index is 5.58. The number of hydrogen-bond acceptors (Lipinski definition) is 3. The van der Waals surface area contributed by atoms with Crippen LogP contribution in [0.4, 0.5) is 0 Å². The molecule has 102 valence electrons. The molecule has 0 saturated carbocycles. The van der Waals surface area contributed by atoms with E-state index in [1.807, 2.05) is 6.07 Å². The Bertz CT molecular complexity index is 570. The predicted octanol–water partition coefficient (Wildman–Crippen LogP) is 4.30. The molecule has 0 aliphatic carbocycles. The van der Waals surface area contributed by atoms with Crippen LogP contribution in [0, 0.1) is 6.92 Å². The Morgan fingerprint density at radius 2 is 2.05 bits per heavy atom. The normalized spacial score (nSPS) is 11.8. The van der Waals surface area contributed by atoms with Gasteiger partial charge in [-0.1, -0.05) is 22.0 Å². The van der Waals surface area contributed by atoms with Gasteiger partial charge in [-0.3, -0.25) is 0 Å². The summed E-state index contributed by atoms with van der Waals surface area (Å²) in [6.07, 6.45) is 1.51. The molecule has 2 aromatic rings. The van der Waals surface area contributed by atoms with Crippen LogP contribution in [0.1, 0.15) is 32.0 Å². The largest absolute Gasteiger partial charge is 0.443 e. The van der Waals surface area contributed by atoms with E-state index in [1.165, 1.54) is 12.0 Å². The minimum atomic E-state index is 0.0581. The number of aryl methyl sites for hydroxylation is 1. The lowest BCUT2D eigenvalue weighted by Gasteiger charge is -2.20. The van der Waals surface area contributed by atoms with Crippen molar-refractivity contribution in [2.24, 2.45) is 0 Å². The zero-order valence-electron chi connectivity index (χ0n) is 11.7. The fourth-order valence-electron chi connectivity index (χ4n) is 1.80. The maximum absolute atomic E-state index is 5.58. The van der Waals surface area contributed by atoms with E-state index in [-0.39, 0.29) is 5.54 Å². The summed E-state index contributed by atoms with van der Waals surface area (Å²) in [6.45, 7) is 9.18. The number of rotatable bonds is 3. The molecule has 0 unspecified atom stereocenters. The number of nitrogens with one attached hydrogen (secondary N) is 1. The predicted molar refractivity (Wildman–Crippen MR) is 81.0 cm³/mol. The van der Waals surface area contributed by atoms with Gasteiger partial charge >= 0.3 is 0 Å². The summed E-state index contributed by atoms with van der Waals surface area (Å²) >= 11 is 3.50. The molecular formula is C15H19BrN2O. The van der Waals surface area contributed by atoms with Gasteiger partial charge in [0.15, 0.2) is 12.2 Å². The van der Waals surface area contributed by atoms with E-state index in [2.05, 4.69) is 66.1 Å². The standard InChI is InChI=1S/C15H19BrN2O/c1-10-5-6-11(16)7-12(10)14-13(17-9-19-14)8-18-15(2,3)4/h5-7,9,18H,8H2,1-4H3. The fraction of sp³-hybridized carbons (Fsp3) is 0.400. The molecule has 0 radical (unpaired) electrons. The van der Waals surface area contributed by atoms with Gasteiger partial charge in [0.25, 0.3) is 0 Å². The molecule has 1 N–H and O–H groups in total. The van der Waals surface area contributed by atoms with Crippen LogP contribution >= 0.6 is 15.9 Å². The second-order valence-electron chi connectivity index (χ2n) is 5.69. The molecule has 0 spiro atoms. The third kappa shape index (κ3) is 3.67. The van der Waals surface area contributed by atoms with Gasteiger partial charge < -0.3 is 9.73 Å². The van der Waals surface area contributed by atoms with Crippen LogP contribution in [0.3, 0.4) is 0 Å². The molecule has 1 heterocycles. The van der Waals surface area contributed by atoms with Crippen LogP contribution in [0.5, 0.6) is 0 Å². The smallest absolute Gasteiger partial charge is 0.181 e. The number of halogens is 1. The topological polar surface area (TPSA) is 38.1 Å². The van der Waals surface area contributed by atoms with Gasteiger partial charge in [0, 0.05) is 22.1 Å². The molecule has 0 atom stereocenters. The average molecular weight is 323 g/mol. The summed E-state index contributed by atoms with van der Waals surface area (Å²) in [5.41, 5.74) is 3.26. The third-order valence-corrected chi connectivity index (χ3v) is 3.36. The van der Waals surface area contributed by atoms with E-state index in [4.69, 9.17) is 4.42 Å². The summed E-state index contributed by atoms with van der Waals surface area (Å²) in [5.74, 6) is 0.843. The Balaban J connectivity index is 2.31. The molecule has 1 aromatic heterocycles. The van der Waals surface area contributed by atoms with Crippen molar-refractivity contribution >= 4 is 15.9 Å². The molecule has 0 saturated heterocycles. The molecule has 0 bridgehead atoms. The van der Waals surface area contributed by atoms with Crippen molar-refractivity contribution in [3.8, 4) is 11.3 Å². The van der Waals surface area contributed by atoms with Gasteiger partial charge in [0.05, 0.1) is 0 Å². The van der Waals surface area contributed by atoms with Crippen LogP contribution in [0.25, 0.3) is 11.3 Å². The molecule has 0 fully saturated rings.